The van der Waals surface area contributed by atoms with Gasteiger partial charge in [0.2, 0.25) is 0 Å². The van der Waals surface area contributed by atoms with Gasteiger partial charge in [0, 0.05) is 29.8 Å². The summed E-state index contributed by atoms with van der Waals surface area (Å²) in [6.07, 6.45) is 5.43. The Labute approximate surface area is 205 Å². The van der Waals surface area contributed by atoms with Gasteiger partial charge in [-0.1, -0.05) is 41.5 Å². The van der Waals surface area contributed by atoms with E-state index in [1.807, 2.05) is 0 Å². The van der Waals surface area contributed by atoms with E-state index >= 15 is 0 Å². The Morgan fingerprint density at radius 1 is 0.939 bits per heavy atom. The average Bonchev–Trinajstić information content (AvgIpc) is 2.62. The van der Waals surface area contributed by atoms with Gasteiger partial charge in [-0.3, -0.25) is 9.59 Å². The number of hydrogen-bond donors (Lipinski definition) is 0. The van der Waals surface area contributed by atoms with Crippen LogP contribution in [-0.2, 0) is 18.4 Å². The molecule has 3 saturated carbocycles. The van der Waals surface area contributed by atoms with Crippen molar-refractivity contribution in [2.45, 2.75) is 136 Å². The lowest BCUT2D eigenvalue weighted by molar-refractivity contribution is -0.184. The molecule has 0 unspecified atom stereocenters. The van der Waals surface area contributed by atoms with Crippen molar-refractivity contribution in [2.24, 2.45) is 22.7 Å². The zero-order valence-electron chi connectivity index (χ0n) is 23.3. The van der Waals surface area contributed by atoms with Crippen molar-refractivity contribution in [3.05, 3.63) is 0 Å². The normalized spacial score (nSPS) is 37.8. The van der Waals surface area contributed by atoms with Crippen LogP contribution in [0.4, 0.5) is 0 Å². The van der Waals surface area contributed by atoms with Gasteiger partial charge in [-0.2, -0.15) is 0 Å². The first-order chi connectivity index (χ1) is 14.8. The topological polar surface area (TPSA) is 52.6 Å². The third-order valence-corrected chi connectivity index (χ3v) is 15.5. The van der Waals surface area contributed by atoms with E-state index in [4.69, 9.17) is 8.85 Å². The molecule has 2 bridgehead atoms. The fraction of sp³-hybridized carbons (Fsp3) is 0.926. The van der Waals surface area contributed by atoms with Crippen LogP contribution in [-0.4, -0.2) is 39.9 Å². The molecular formula is C27H50O4Si2. The van der Waals surface area contributed by atoms with Gasteiger partial charge < -0.3 is 8.85 Å². The van der Waals surface area contributed by atoms with Crippen molar-refractivity contribution >= 4 is 28.2 Å². The smallest absolute Gasteiger partial charge is 0.192 e. The van der Waals surface area contributed by atoms with Crippen molar-refractivity contribution in [3.63, 3.8) is 0 Å². The van der Waals surface area contributed by atoms with Crippen LogP contribution in [0.25, 0.3) is 0 Å². The van der Waals surface area contributed by atoms with E-state index in [1.54, 1.807) is 0 Å². The summed E-state index contributed by atoms with van der Waals surface area (Å²) < 4.78 is 14.1. The molecule has 0 radical (unpaired) electrons. The summed E-state index contributed by atoms with van der Waals surface area (Å²) in [5, 5.41) is 0.101. The second kappa shape index (κ2) is 8.38. The first-order valence-electron chi connectivity index (χ1n) is 13.2. The Kier molecular flexibility index (Phi) is 6.93. The van der Waals surface area contributed by atoms with E-state index < -0.39 is 27.7 Å². The van der Waals surface area contributed by atoms with Gasteiger partial charge in [0.15, 0.2) is 22.4 Å². The SMILES string of the molecule is CC1(C)[C@H]2CCC(=O)[C@@]1(O[Si](C)(C)C)C[C@@H]1[C@H](O[Si](C)(C)C(C)(C)C)CCC[C@@]1(C)C(=O)C2. The molecule has 190 valence electrons. The van der Waals surface area contributed by atoms with Crippen molar-refractivity contribution in [1.29, 1.82) is 0 Å². The van der Waals surface area contributed by atoms with Crippen LogP contribution >= 0.6 is 0 Å². The molecule has 4 nitrogen and oxygen atoms in total. The van der Waals surface area contributed by atoms with Crippen LogP contribution < -0.4 is 0 Å². The van der Waals surface area contributed by atoms with Gasteiger partial charge in [0.1, 0.15) is 11.4 Å². The molecule has 0 saturated heterocycles. The third kappa shape index (κ3) is 4.63. The molecule has 3 aliphatic carbocycles. The molecule has 33 heavy (non-hydrogen) atoms. The lowest BCUT2D eigenvalue weighted by atomic mass is 9.48. The fourth-order valence-electron chi connectivity index (χ4n) is 6.68. The highest BCUT2D eigenvalue weighted by Crippen LogP contribution is 2.60. The summed E-state index contributed by atoms with van der Waals surface area (Å²) in [4.78, 5) is 27.8. The molecule has 0 N–H and O–H groups in total. The van der Waals surface area contributed by atoms with E-state index in [0.717, 1.165) is 25.7 Å². The first kappa shape index (κ1) is 27.3. The molecule has 0 heterocycles. The average molecular weight is 495 g/mol. The predicted octanol–water partition coefficient (Wildman–Crippen LogP) is 7.14. The quantitative estimate of drug-likeness (QED) is 0.390. The fourth-order valence-corrected chi connectivity index (χ4v) is 9.58. The van der Waals surface area contributed by atoms with E-state index in [-0.39, 0.29) is 34.2 Å². The molecule has 6 heteroatoms. The van der Waals surface area contributed by atoms with Gasteiger partial charge >= 0.3 is 0 Å². The zero-order valence-corrected chi connectivity index (χ0v) is 25.3. The Morgan fingerprint density at radius 3 is 2.09 bits per heavy atom. The van der Waals surface area contributed by atoms with Crippen molar-refractivity contribution in [2.75, 3.05) is 0 Å². The summed E-state index contributed by atoms with van der Waals surface area (Å²) in [5.41, 5.74) is -1.62. The second-order valence-electron chi connectivity index (χ2n) is 14.6. The molecule has 3 aliphatic rings. The van der Waals surface area contributed by atoms with Gasteiger partial charge in [0.05, 0.1) is 0 Å². The number of rotatable bonds is 4. The Morgan fingerprint density at radius 2 is 1.55 bits per heavy atom. The Balaban J connectivity index is 2.15. The minimum absolute atomic E-state index is 0.0118. The number of carbonyl (C=O) groups excluding carboxylic acids is 2. The Bertz CT molecular complexity index is 791. The maximum Gasteiger partial charge on any atom is 0.192 e. The minimum Gasteiger partial charge on any atom is -0.414 e. The third-order valence-electron chi connectivity index (χ3n) is 9.99. The van der Waals surface area contributed by atoms with E-state index in [9.17, 15) is 9.59 Å². The van der Waals surface area contributed by atoms with Crippen molar-refractivity contribution < 1.29 is 18.4 Å². The number of carbonyl (C=O) groups is 2. The summed E-state index contributed by atoms with van der Waals surface area (Å²) in [7, 11) is -4.07. The summed E-state index contributed by atoms with van der Waals surface area (Å²) >= 11 is 0. The summed E-state index contributed by atoms with van der Waals surface area (Å²) in [5.74, 6) is 0.870. The highest BCUT2D eigenvalue weighted by Gasteiger charge is 2.65. The molecule has 0 aromatic rings. The second-order valence-corrected chi connectivity index (χ2v) is 23.8. The maximum atomic E-state index is 13.9. The van der Waals surface area contributed by atoms with Crippen LogP contribution in [0.5, 0.6) is 0 Å². The lowest BCUT2D eigenvalue weighted by Gasteiger charge is -2.61. The highest BCUT2D eigenvalue weighted by atomic mass is 28.4. The van der Waals surface area contributed by atoms with Gasteiger partial charge in [-0.15, -0.1) is 0 Å². The summed E-state index contributed by atoms with van der Waals surface area (Å²) in [6, 6.07) is 0. The van der Waals surface area contributed by atoms with E-state index in [2.05, 4.69) is 74.3 Å². The molecule has 3 fully saturated rings. The van der Waals surface area contributed by atoms with Crippen LogP contribution in [0, 0.1) is 22.7 Å². The molecule has 5 atom stereocenters. The van der Waals surface area contributed by atoms with Crippen LogP contribution in [0.1, 0.15) is 86.5 Å². The molecule has 0 aromatic carbocycles. The first-order valence-corrected chi connectivity index (χ1v) is 19.5. The lowest BCUT2D eigenvalue weighted by Crippen LogP contribution is -2.67. The molecule has 0 aromatic heterocycles. The monoisotopic (exact) mass is 494 g/mol. The van der Waals surface area contributed by atoms with Crippen LogP contribution in [0.2, 0.25) is 37.8 Å². The standard InChI is InChI=1S/C27H50O4Si2/c1-24(2,3)33(10,11)30-21-13-12-16-26(6)20(21)18-27(31-32(7,8)9)22(28)15-14-19(17-23(26)29)25(27,4)5/h19-21H,12-18H2,1-11H3/t19-,20+,21+,26+,27-/m0/s1. The van der Waals surface area contributed by atoms with Crippen molar-refractivity contribution in [1.82, 2.24) is 0 Å². The number of ketones is 2. The van der Waals surface area contributed by atoms with Gasteiger partial charge in [0.25, 0.3) is 0 Å². The molecule has 0 amide bonds. The van der Waals surface area contributed by atoms with Crippen LogP contribution in [0.15, 0.2) is 0 Å². The number of Topliss-reactive ketones (excluding diaryl/α,β-unsaturated/α-hetero) is 2. The zero-order chi connectivity index (χ0) is 25.3. The van der Waals surface area contributed by atoms with E-state index in [0.29, 0.717) is 25.0 Å². The molecule has 3 rings (SSSR count). The predicted molar refractivity (Wildman–Crippen MR) is 140 cm³/mol. The molecular weight excluding hydrogens is 444 g/mol. The van der Waals surface area contributed by atoms with Gasteiger partial charge in [-0.05, 0) is 81.7 Å². The Hall–Kier alpha value is -0.306. The number of hydrogen-bond acceptors (Lipinski definition) is 4. The highest BCUT2D eigenvalue weighted by molar-refractivity contribution is 6.74. The number of fused-ring (bicyclic) bond motifs is 3. The summed E-state index contributed by atoms with van der Waals surface area (Å²) in [6.45, 7) is 24.6. The molecule has 0 aliphatic heterocycles. The molecule has 0 spiro atoms. The van der Waals surface area contributed by atoms with E-state index in [1.165, 1.54) is 0 Å². The van der Waals surface area contributed by atoms with Crippen molar-refractivity contribution in [3.8, 4) is 0 Å². The van der Waals surface area contributed by atoms with Crippen LogP contribution in [0.3, 0.4) is 0 Å². The largest absolute Gasteiger partial charge is 0.414 e. The minimum atomic E-state index is -2.04. The maximum absolute atomic E-state index is 13.9. The van der Waals surface area contributed by atoms with Gasteiger partial charge in [-0.25, -0.2) is 0 Å².